The van der Waals surface area contributed by atoms with E-state index in [1.807, 2.05) is 25.1 Å². The number of rotatable bonds is 5. The molecule has 5 nitrogen and oxygen atoms in total. The van der Waals surface area contributed by atoms with Gasteiger partial charge in [0.05, 0.1) is 13.5 Å². The molecule has 104 valence electrons. The van der Waals surface area contributed by atoms with Gasteiger partial charge in [0.25, 0.3) is 0 Å². The van der Waals surface area contributed by atoms with Crippen molar-refractivity contribution < 1.29 is 19.4 Å². The Morgan fingerprint density at radius 3 is 2.53 bits per heavy atom. The zero-order valence-corrected chi connectivity index (χ0v) is 11.6. The van der Waals surface area contributed by atoms with E-state index in [4.69, 9.17) is 9.84 Å². The van der Waals surface area contributed by atoms with E-state index in [0.29, 0.717) is 5.75 Å². The van der Waals surface area contributed by atoms with Gasteiger partial charge in [-0.25, -0.2) is 4.79 Å². The smallest absolute Gasteiger partial charge is 0.328 e. The first-order chi connectivity index (χ1) is 8.76. The van der Waals surface area contributed by atoms with Crippen LogP contribution in [0.1, 0.15) is 25.0 Å². The van der Waals surface area contributed by atoms with Crippen molar-refractivity contribution in [2.45, 2.75) is 32.7 Å². The van der Waals surface area contributed by atoms with Crippen LogP contribution in [0.5, 0.6) is 5.75 Å². The lowest BCUT2D eigenvalue weighted by molar-refractivity contribution is -0.145. The van der Waals surface area contributed by atoms with E-state index in [9.17, 15) is 9.59 Å². The molecule has 0 spiro atoms. The van der Waals surface area contributed by atoms with Gasteiger partial charge in [-0.05, 0) is 32.4 Å². The number of nitrogens with one attached hydrogen (secondary N) is 1. The summed E-state index contributed by atoms with van der Waals surface area (Å²) in [7, 11) is 1.54. The fraction of sp³-hybridized carbons (Fsp3) is 0.429. The maximum atomic E-state index is 11.9. The number of aryl methyl sites for hydroxylation is 1. The fourth-order valence-electron chi connectivity index (χ4n) is 1.62. The minimum atomic E-state index is -1.28. The number of benzene rings is 1. The van der Waals surface area contributed by atoms with E-state index in [2.05, 4.69) is 5.32 Å². The zero-order chi connectivity index (χ0) is 14.6. The van der Waals surface area contributed by atoms with Gasteiger partial charge in [0.1, 0.15) is 11.3 Å². The average Bonchev–Trinajstić information content (AvgIpc) is 2.30. The van der Waals surface area contributed by atoms with Crippen molar-refractivity contribution >= 4 is 11.9 Å². The van der Waals surface area contributed by atoms with Crippen LogP contribution in [0.3, 0.4) is 0 Å². The number of carbonyl (C=O) groups excluding carboxylic acids is 1. The molecule has 0 aromatic heterocycles. The van der Waals surface area contributed by atoms with Crippen molar-refractivity contribution in [2.24, 2.45) is 0 Å². The monoisotopic (exact) mass is 265 g/mol. The second kappa shape index (κ2) is 5.73. The predicted molar refractivity (Wildman–Crippen MR) is 71.3 cm³/mol. The highest BCUT2D eigenvalue weighted by atomic mass is 16.5. The van der Waals surface area contributed by atoms with Gasteiger partial charge < -0.3 is 15.2 Å². The normalized spacial score (nSPS) is 10.9. The minimum Gasteiger partial charge on any atom is -0.496 e. The van der Waals surface area contributed by atoms with Crippen LogP contribution in [-0.4, -0.2) is 29.6 Å². The quantitative estimate of drug-likeness (QED) is 0.846. The molecule has 1 amide bonds. The van der Waals surface area contributed by atoms with Gasteiger partial charge in [0.2, 0.25) is 5.91 Å². The molecule has 1 rings (SSSR count). The van der Waals surface area contributed by atoms with Crippen LogP contribution in [0.15, 0.2) is 18.2 Å². The fourth-order valence-corrected chi connectivity index (χ4v) is 1.62. The number of ether oxygens (including phenoxy) is 1. The van der Waals surface area contributed by atoms with Gasteiger partial charge in [-0.1, -0.05) is 12.1 Å². The number of aliphatic carboxylic acids is 1. The summed E-state index contributed by atoms with van der Waals surface area (Å²) in [5, 5.41) is 11.4. The first-order valence-corrected chi connectivity index (χ1v) is 5.94. The Kier molecular flexibility index (Phi) is 4.53. The summed E-state index contributed by atoms with van der Waals surface area (Å²) in [5.41, 5.74) is 0.480. The van der Waals surface area contributed by atoms with Gasteiger partial charge >= 0.3 is 5.97 Å². The van der Waals surface area contributed by atoms with E-state index < -0.39 is 11.5 Å². The highest BCUT2D eigenvalue weighted by Crippen LogP contribution is 2.20. The second-order valence-electron chi connectivity index (χ2n) is 4.97. The molecule has 0 fully saturated rings. The van der Waals surface area contributed by atoms with Crippen LogP contribution in [0, 0.1) is 6.92 Å². The van der Waals surface area contributed by atoms with E-state index in [1.165, 1.54) is 21.0 Å². The van der Waals surface area contributed by atoms with Crippen molar-refractivity contribution in [1.82, 2.24) is 5.32 Å². The number of carbonyl (C=O) groups is 2. The molecule has 0 saturated heterocycles. The van der Waals surface area contributed by atoms with Gasteiger partial charge in [0, 0.05) is 5.56 Å². The molecule has 1 aromatic rings. The molecule has 5 heteroatoms. The first-order valence-electron chi connectivity index (χ1n) is 5.94. The number of carboxylic acids is 1. The Morgan fingerprint density at radius 1 is 1.37 bits per heavy atom. The van der Waals surface area contributed by atoms with Crippen LogP contribution in [0.25, 0.3) is 0 Å². The Hall–Kier alpha value is -2.04. The number of amides is 1. The van der Waals surface area contributed by atoms with Crippen molar-refractivity contribution in [1.29, 1.82) is 0 Å². The van der Waals surface area contributed by atoms with E-state index in [0.717, 1.165) is 11.1 Å². The van der Waals surface area contributed by atoms with Crippen LogP contribution in [0.4, 0.5) is 0 Å². The topological polar surface area (TPSA) is 75.6 Å². The number of methoxy groups -OCH3 is 1. The van der Waals surface area contributed by atoms with Crippen LogP contribution < -0.4 is 10.1 Å². The summed E-state index contributed by atoms with van der Waals surface area (Å²) in [6, 6.07) is 5.53. The molecule has 0 aliphatic carbocycles. The van der Waals surface area contributed by atoms with Gasteiger partial charge in [-0.3, -0.25) is 4.79 Å². The average molecular weight is 265 g/mol. The summed E-state index contributed by atoms with van der Waals surface area (Å²) in [6.07, 6.45) is 0.0835. The van der Waals surface area contributed by atoms with Crippen molar-refractivity contribution in [3.05, 3.63) is 29.3 Å². The lowest BCUT2D eigenvalue weighted by Gasteiger charge is -2.21. The van der Waals surface area contributed by atoms with Crippen molar-refractivity contribution in [2.75, 3.05) is 7.11 Å². The largest absolute Gasteiger partial charge is 0.496 e. The summed E-state index contributed by atoms with van der Waals surface area (Å²) in [4.78, 5) is 22.8. The van der Waals surface area contributed by atoms with E-state index >= 15 is 0 Å². The Bertz CT molecular complexity index is 494. The summed E-state index contributed by atoms with van der Waals surface area (Å²) in [5.74, 6) is -0.797. The number of carboxylic acid groups (broad SMARTS) is 1. The molecule has 1 aromatic carbocycles. The zero-order valence-electron chi connectivity index (χ0n) is 11.6. The van der Waals surface area contributed by atoms with Crippen LogP contribution in [-0.2, 0) is 16.0 Å². The maximum absolute atomic E-state index is 11.9. The lowest BCUT2D eigenvalue weighted by atomic mass is 10.0. The molecule has 0 unspecified atom stereocenters. The minimum absolute atomic E-state index is 0.0835. The standard InChI is InChI=1S/C14H19NO4/c1-9-5-6-10(11(7-9)19-4)8-12(16)15-14(2,3)13(17)18/h5-7H,8H2,1-4H3,(H,15,16)(H,17,18). The third-order valence-corrected chi connectivity index (χ3v) is 2.78. The van der Waals surface area contributed by atoms with Crippen molar-refractivity contribution in [3.63, 3.8) is 0 Å². The number of hydrogen-bond acceptors (Lipinski definition) is 3. The number of hydrogen-bond donors (Lipinski definition) is 2. The molecule has 0 heterocycles. The molecule has 2 N–H and O–H groups in total. The maximum Gasteiger partial charge on any atom is 0.328 e. The van der Waals surface area contributed by atoms with E-state index in [-0.39, 0.29) is 12.3 Å². The highest BCUT2D eigenvalue weighted by molar-refractivity contribution is 5.87. The Balaban J connectivity index is 2.80. The first kappa shape index (κ1) is 15.0. The molecule has 0 saturated carbocycles. The molecule has 0 bridgehead atoms. The third kappa shape index (κ3) is 3.98. The molecular formula is C14H19NO4. The van der Waals surface area contributed by atoms with Gasteiger partial charge in [-0.2, -0.15) is 0 Å². The predicted octanol–water partition coefficient (Wildman–Crippen LogP) is 1.53. The van der Waals surface area contributed by atoms with Gasteiger partial charge in [-0.15, -0.1) is 0 Å². The van der Waals surface area contributed by atoms with E-state index in [1.54, 1.807) is 0 Å². The molecule has 0 radical (unpaired) electrons. The van der Waals surface area contributed by atoms with Crippen molar-refractivity contribution in [3.8, 4) is 5.75 Å². The van der Waals surface area contributed by atoms with Gasteiger partial charge in [0.15, 0.2) is 0 Å². The SMILES string of the molecule is COc1cc(C)ccc1CC(=O)NC(C)(C)C(=O)O. The molecule has 0 aliphatic rings. The Labute approximate surface area is 112 Å². The Morgan fingerprint density at radius 2 is 2.00 bits per heavy atom. The second-order valence-corrected chi connectivity index (χ2v) is 4.97. The molecule has 0 aliphatic heterocycles. The van der Waals surface area contributed by atoms with Crippen LogP contribution in [0.2, 0.25) is 0 Å². The summed E-state index contributed by atoms with van der Waals surface area (Å²) >= 11 is 0. The molecule has 0 atom stereocenters. The lowest BCUT2D eigenvalue weighted by Crippen LogP contribution is -2.50. The third-order valence-electron chi connectivity index (χ3n) is 2.78. The highest BCUT2D eigenvalue weighted by Gasteiger charge is 2.29. The van der Waals surface area contributed by atoms with Crippen LogP contribution >= 0.6 is 0 Å². The summed E-state index contributed by atoms with van der Waals surface area (Å²) < 4.78 is 5.21. The summed E-state index contributed by atoms with van der Waals surface area (Å²) in [6.45, 7) is 4.82. The molecule has 19 heavy (non-hydrogen) atoms. The molecular weight excluding hydrogens is 246 g/mol.